The molecule has 0 aliphatic carbocycles. The lowest BCUT2D eigenvalue weighted by molar-refractivity contribution is -0.384. The summed E-state index contributed by atoms with van der Waals surface area (Å²) in [6.07, 6.45) is 11.3. The van der Waals surface area contributed by atoms with Gasteiger partial charge in [-0.25, -0.2) is 14.8 Å². The van der Waals surface area contributed by atoms with Crippen LogP contribution in [0.2, 0.25) is 0 Å². The highest BCUT2D eigenvalue weighted by atomic mass is 35.5. The van der Waals surface area contributed by atoms with Crippen molar-refractivity contribution in [2.45, 2.75) is 104 Å². The van der Waals surface area contributed by atoms with Crippen molar-refractivity contribution in [2.24, 2.45) is 5.73 Å². The van der Waals surface area contributed by atoms with Gasteiger partial charge in [-0.05, 0) is 112 Å². The number of nitrogen functional groups attached to an aromatic ring is 1. The molecule has 8 rings (SSSR count). The largest absolute Gasteiger partial charge is 0.414 e. The highest BCUT2D eigenvalue weighted by Gasteiger charge is 2.17. The third kappa shape index (κ3) is 15.2. The van der Waals surface area contributed by atoms with Gasteiger partial charge >= 0.3 is 5.43 Å². The lowest BCUT2D eigenvalue weighted by Crippen LogP contribution is -2.18. The third-order valence-corrected chi connectivity index (χ3v) is 11.8. The molecule has 4 heterocycles. The summed E-state index contributed by atoms with van der Waals surface area (Å²) in [5.74, 6) is 2.08. The molecular formula is C50H61BClN8O5. The number of nitrogens with two attached hydrogens (primary N) is 2. The number of likely N-dealkylation sites (tertiary alicyclic amines) is 2. The molecule has 13 nitrogen and oxygen atoms in total. The molecule has 2 aromatic heterocycles. The topological polar surface area (TPSA) is 176 Å². The van der Waals surface area contributed by atoms with Gasteiger partial charge in [0.1, 0.15) is 22.9 Å². The molecule has 65 heavy (non-hydrogen) atoms. The number of imidazole rings is 1. The van der Waals surface area contributed by atoms with Crippen molar-refractivity contribution < 1.29 is 19.2 Å². The lowest BCUT2D eigenvalue weighted by Gasteiger charge is -2.15. The maximum Gasteiger partial charge on any atom is 0.409 e. The van der Waals surface area contributed by atoms with E-state index in [0.29, 0.717) is 31.0 Å². The summed E-state index contributed by atoms with van der Waals surface area (Å²) in [5.41, 5.74) is 18.9. The van der Waals surface area contributed by atoms with Gasteiger partial charge in [-0.2, -0.15) is 0 Å². The Hall–Kier alpha value is -5.67. The third-order valence-electron chi connectivity index (χ3n) is 11.7. The van der Waals surface area contributed by atoms with Crippen LogP contribution < -0.4 is 16.2 Å². The number of halogens is 1. The van der Waals surface area contributed by atoms with Crippen LogP contribution in [0.4, 0.5) is 16.3 Å². The average molecular weight is 900 g/mol. The first kappa shape index (κ1) is 50.3. The summed E-state index contributed by atoms with van der Waals surface area (Å²) in [4.78, 5) is 46.9. The van der Waals surface area contributed by atoms with Gasteiger partial charge in [0.15, 0.2) is 5.82 Å². The number of hydrogen-bond donors (Lipinski definition) is 2. The van der Waals surface area contributed by atoms with Crippen molar-refractivity contribution in [3.63, 3.8) is 0 Å². The second-order valence-electron chi connectivity index (χ2n) is 16.5. The zero-order chi connectivity index (χ0) is 45.3. The van der Waals surface area contributed by atoms with E-state index in [0.717, 1.165) is 79.5 Å². The first-order valence-corrected chi connectivity index (χ1v) is 22.9. The van der Waals surface area contributed by atoms with Gasteiger partial charge in [0.2, 0.25) is 0 Å². The van der Waals surface area contributed by atoms with Gasteiger partial charge < -0.3 is 20.8 Å². The van der Waals surface area contributed by atoms with Gasteiger partial charge in [-0.1, -0.05) is 80.1 Å². The molecule has 0 unspecified atom stereocenters. The molecule has 2 aliphatic heterocycles. The van der Waals surface area contributed by atoms with Gasteiger partial charge in [0.25, 0.3) is 5.69 Å². The number of Topliss-reactive ketones (excluding diaryl/α,β-unsaturated/α-hetero) is 1. The summed E-state index contributed by atoms with van der Waals surface area (Å²) >= 11 is 4.92. The highest BCUT2D eigenvalue weighted by Crippen LogP contribution is 2.29. The quantitative estimate of drug-likeness (QED) is 0.0293. The van der Waals surface area contributed by atoms with Crippen LogP contribution >= 0.6 is 11.6 Å². The van der Waals surface area contributed by atoms with E-state index in [1.165, 1.54) is 98.4 Å². The number of carbonyl (C=O) groups excluding carboxylic acids is 2. The molecule has 2 saturated heterocycles. The number of ether oxygens (including phenoxy) is 1. The van der Waals surface area contributed by atoms with Gasteiger partial charge in [-0.3, -0.25) is 24.7 Å². The zero-order valence-electron chi connectivity index (χ0n) is 37.5. The van der Waals surface area contributed by atoms with E-state index in [1.54, 1.807) is 0 Å². The Labute approximate surface area is 389 Å². The number of nitrogens with zero attached hydrogens (tertiary/aromatic N) is 6. The van der Waals surface area contributed by atoms with Gasteiger partial charge in [0.05, 0.1) is 16.0 Å². The van der Waals surface area contributed by atoms with E-state index in [9.17, 15) is 19.7 Å². The Balaban J connectivity index is 0.000000231. The van der Waals surface area contributed by atoms with E-state index in [-0.39, 0.29) is 19.8 Å². The monoisotopic (exact) mass is 899 g/mol. The second kappa shape index (κ2) is 25.7. The molecule has 2 fully saturated rings. The summed E-state index contributed by atoms with van der Waals surface area (Å²) in [6.45, 7) is 10.7. The van der Waals surface area contributed by atoms with Crippen LogP contribution in [0.3, 0.4) is 0 Å². The van der Waals surface area contributed by atoms with Crippen molar-refractivity contribution in [3.8, 4) is 5.75 Å². The minimum Gasteiger partial charge on any atom is -0.414 e. The van der Waals surface area contributed by atoms with Gasteiger partial charge in [0, 0.05) is 83.0 Å². The minimum atomic E-state index is -0.978. The first-order valence-electron chi connectivity index (χ1n) is 22.6. The number of anilines is 1. The molecule has 15 heteroatoms. The Morgan fingerprint density at radius 2 is 1.37 bits per heavy atom. The maximum atomic E-state index is 12.6. The lowest BCUT2D eigenvalue weighted by atomic mass is 10.0. The number of aryl methyl sites for hydroxylation is 3. The molecule has 0 saturated carbocycles. The highest BCUT2D eigenvalue weighted by molar-refractivity contribution is 6.61. The number of carbonyl (C=O) groups is 2. The molecule has 3 radical (unpaired) electrons. The van der Waals surface area contributed by atoms with Crippen LogP contribution in [0.1, 0.15) is 92.8 Å². The number of unbranched alkanes of at least 4 members (excludes halogenated alkanes) is 2. The molecule has 4 N–H and O–H groups in total. The van der Waals surface area contributed by atoms with Crippen molar-refractivity contribution in [1.82, 2.24) is 24.3 Å². The normalized spacial score (nSPS) is 13.7. The number of fused-ring (bicyclic) bond motifs is 3. The number of pyridine rings is 1. The van der Waals surface area contributed by atoms with Crippen LogP contribution in [-0.2, 0) is 43.8 Å². The average Bonchev–Trinajstić information content (AvgIpc) is 4.09. The number of hydrogen-bond acceptors (Lipinski definition) is 11. The second-order valence-corrected chi connectivity index (χ2v) is 16.8. The number of rotatable bonds is 17. The molecule has 2 aliphatic rings. The fourth-order valence-corrected chi connectivity index (χ4v) is 8.55. The number of aromatic nitrogens is 3. The molecule has 0 amide bonds. The van der Waals surface area contributed by atoms with E-state index in [2.05, 4.69) is 85.6 Å². The Bertz CT molecular complexity index is 2470. The molecule has 0 bridgehead atoms. The molecule has 0 spiro atoms. The summed E-state index contributed by atoms with van der Waals surface area (Å²) < 4.78 is 6.77. The van der Waals surface area contributed by atoms with E-state index >= 15 is 0 Å². The van der Waals surface area contributed by atoms with E-state index in [4.69, 9.17) is 28.1 Å². The Morgan fingerprint density at radius 3 is 1.97 bits per heavy atom. The predicted octanol–water partition coefficient (Wildman–Crippen LogP) is 9.78. The minimum absolute atomic E-state index is 0. The van der Waals surface area contributed by atoms with E-state index in [1.807, 2.05) is 18.2 Å². The van der Waals surface area contributed by atoms with Gasteiger partial charge in [-0.15, -0.1) is 0 Å². The maximum absolute atomic E-state index is 12.6. The standard InChI is InChI=1S/C31H39N5O.C12H18N2.C7H4ClNO4.B/c1-2-28-34-29-30(26-14-5-6-15-27(26)33-31(29)32)36(28)20-7-3-4-13-25(37)17-16-23-11-10-12-24(21-23)22-35-18-8-9-19-35;13-9-11-4-3-5-12(8-11)10-14-6-1-2-7-14;8-7(10)13-6-3-1-5(2-4-6)9(11)12;/h5-6,10-12,14-15,21H,2-4,7-9,13,16-20,22H2,1H3,(H2,32,33);3-5,8H,1-2,6-7,9-10,13H2;1-4H;. The van der Waals surface area contributed by atoms with Crippen LogP contribution in [0, 0.1) is 10.1 Å². The smallest absolute Gasteiger partial charge is 0.409 e. The summed E-state index contributed by atoms with van der Waals surface area (Å²) in [5, 5.41) is 11.3. The number of ketones is 1. The van der Waals surface area contributed by atoms with E-state index < -0.39 is 10.4 Å². The molecule has 0 atom stereocenters. The fourth-order valence-electron chi connectivity index (χ4n) is 8.46. The molecular weight excluding hydrogens is 839 g/mol. The Kier molecular flexibility index (Phi) is 19.9. The van der Waals surface area contributed by atoms with Crippen molar-refractivity contribution in [1.29, 1.82) is 0 Å². The zero-order valence-corrected chi connectivity index (χ0v) is 38.3. The molecule has 4 aromatic carbocycles. The van der Waals surface area contributed by atoms with Crippen molar-refractivity contribution in [3.05, 3.63) is 135 Å². The van der Waals surface area contributed by atoms with Crippen LogP contribution in [0.25, 0.3) is 21.9 Å². The number of nitro benzene ring substituents is 1. The molecule has 6 aromatic rings. The number of non-ortho nitro benzene ring substituents is 1. The summed E-state index contributed by atoms with van der Waals surface area (Å²) in [7, 11) is 0. The van der Waals surface area contributed by atoms with Crippen LogP contribution in [-0.4, -0.2) is 75.1 Å². The SMILES string of the molecule is CCc1nc2c(N)nc3ccccc3c2n1CCCCCC(=O)CCc1cccc(CN2CCCC2)c1.NCc1cccc(CN2CCCC2)c1.O=C(Cl)Oc1ccc([N+](=O)[O-])cc1.[B]. The fraction of sp³-hybridized carbons (Fsp3) is 0.400. The van der Waals surface area contributed by atoms with Crippen LogP contribution in [0.5, 0.6) is 5.75 Å². The number of benzene rings is 4. The van der Waals surface area contributed by atoms with Crippen molar-refractivity contribution >= 4 is 64.7 Å². The first-order chi connectivity index (χ1) is 31.1. The van der Waals surface area contributed by atoms with Crippen molar-refractivity contribution in [2.75, 3.05) is 31.9 Å². The van der Waals surface area contributed by atoms with Crippen LogP contribution in [0.15, 0.2) is 97.1 Å². The Morgan fingerprint density at radius 1 is 0.769 bits per heavy atom. The predicted molar refractivity (Wildman–Crippen MR) is 261 cm³/mol. The molecule has 341 valence electrons. The summed E-state index contributed by atoms with van der Waals surface area (Å²) in [6, 6.07) is 30.6. The number of para-hydroxylation sites is 1. The number of nitro groups is 1.